The molecule has 1 heterocycles. The van der Waals surface area contributed by atoms with Gasteiger partial charge in [0.15, 0.2) is 0 Å². The van der Waals surface area contributed by atoms with Crippen LogP contribution in [0.2, 0.25) is 0 Å². The normalized spacial score (nSPS) is 28.6. The molecule has 0 saturated carbocycles. The number of fused-ring (bicyclic) bond motifs is 1. The van der Waals surface area contributed by atoms with Crippen molar-refractivity contribution in [2.45, 2.75) is 6.37 Å². The van der Waals surface area contributed by atoms with E-state index in [0.29, 0.717) is 0 Å². The predicted octanol–water partition coefficient (Wildman–Crippen LogP) is 1.98. The Morgan fingerprint density at radius 2 is 2.47 bits per heavy atom. The second-order valence-corrected chi connectivity index (χ2v) is 2.67. The van der Waals surface area contributed by atoms with Gasteiger partial charge in [-0.25, -0.2) is 0 Å². The number of hydrogen-bond donors (Lipinski definition) is 2. The highest BCUT2D eigenvalue weighted by Gasteiger charge is 2.07. The summed E-state index contributed by atoms with van der Waals surface area (Å²) in [5.74, 6) is -1.03. The number of nitrogens with zero attached hydrogens (tertiary/aromatic N) is 1. The van der Waals surface area contributed by atoms with Crippen LogP contribution in [0.3, 0.4) is 0 Å². The first kappa shape index (κ1) is 2.61. The number of aryl methyl sites for hydroxylation is 1. The summed E-state index contributed by atoms with van der Waals surface area (Å²) in [5.41, 5.74) is -1.42. The number of aromatic amines is 1. The molecular weight excluding hydrogens is 188 g/mol. The summed E-state index contributed by atoms with van der Waals surface area (Å²) >= 11 is 0. The summed E-state index contributed by atoms with van der Waals surface area (Å²) in [6, 6.07) is -2.30. The van der Waals surface area contributed by atoms with E-state index in [9.17, 15) is 5.11 Å². The Morgan fingerprint density at radius 3 is 3.27 bits per heavy atom. The van der Waals surface area contributed by atoms with Crippen LogP contribution >= 0.6 is 0 Å². The number of rotatable bonds is 3. The maximum absolute atomic E-state index is 10.2. The molecule has 0 saturated heterocycles. The summed E-state index contributed by atoms with van der Waals surface area (Å²) in [5, 5.41) is 9.55. The van der Waals surface area contributed by atoms with Crippen LogP contribution in [0.5, 0.6) is 5.75 Å². The van der Waals surface area contributed by atoms with E-state index in [1.165, 1.54) is 0 Å². The van der Waals surface area contributed by atoms with Crippen LogP contribution < -0.4 is 0 Å². The minimum atomic E-state index is -3.76. The summed E-state index contributed by atoms with van der Waals surface area (Å²) < 4.78 is 108. The fourth-order valence-corrected chi connectivity index (χ4v) is 1.13. The summed E-state index contributed by atoms with van der Waals surface area (Å²) in [6.07, 6.45) is -4.40. The SMILES string of the molecule is [2H]c1[nH]c2c([2H])c([2H])c([2H])c(O)c2c1C([2H])([2H])C([2H])([2H])N(C([2H])([2H])[2H])C([2H])([2H])[2H]. The third kappa shape index (κ3) is 1.97. The van der Waals surface area contributed by atoms with E-state index < -0.39 is 78.2 Å². The molecule has 2 N–H and O–H groups in total. The Kier molecular flexibility index (Phi) is 0.685. The first-order chi connectivity index (χ1) is 12.8. The van der Waals surface area contributed by atoms with E-state index in [1.54, 1.807) is 0 Å². The fourth-order valence-electron chi connectivity index (χ4n) is 1.13. The highest BCUT2D eigenvalue weighted by molar-refractivity contribution is 5.88. The van der Waals surface area contributed by atoms with E-state index in [1.807, 2.05) is 0 Å². The monoisotopic (exact) mass is 218 g/mol. The molecular formula is C12H16N2O. The van der Waals surface area contributed by atoms with Crippen LogP contribution in [0.15, 0.2) is 24.3 Å². The summed E-state index contributed by atoms with van der Waals surface area (Å²) in [7, 11) is 0. The van der Waals surface area contributed by atoms with Crippen LogP contribution in [-0.2, 0) is 6.37 Å². The molecule has 2 rings (SSSR count). The molecule has 0 aliphatic carbocycles. The lowest BCUT2D eigenvalue weighted by Gasteiger charge is -2.08. The maximum Gasteiger partial charge on any atom is 0.125 e. The average Bonchev–Trinajstić information content (AvgIpc) is 2.85. The molecule has 0 atom stereocenters. The van der Waals surface area contributed by atoms with Crippen molar-refractivity contribution in [3.63, 3.8) is 0 Å². The smallest absolute Gasteiger partial charge is 0.125 e. The van der Waals surface area contributed by atoms with Crippen molar-refractivity contribution >= 4 is 10.9 Å². The molecule has 15 heavy (non-hydrogen) atoms. The van der Waals surface area contributed by atoms with Gasteiger partial charge in [-0.3, -0.25) is 0 Å². The molecule has 0 aliphatic rings. The highest BCUT2D eigenvalue weighted by atomic mass is 16.3. The third-order valence-electron chi connectivity index (χ3n) is 1.71. The van der Waals surface area contributed by atoms with Gasteiger partial charge in [-0.15, -0.1) is 0 Å². The second-order valence-electron chi connectivity index (χ2n) is 2.67. The van der Waals surface area contributed by atoms with Crippen molar-refractivity contribution in [2.75, 3.05) is 20.4 Å². The molecule has 0 fully saturated rings. The van der Waals surface area contributed by atoms with Crippen molar-refractivity contribution in [1.29, 1.82) is 0 Å². The standard InChI is InChI=1S/C12H16N2O/c1-14(2)7-6-9-8-13-10-4-3-5-11(15)12(9)10/h3-5,8,13,15H,6-7H2,1-2H3/i1D3,2D3,3D,4D,5D,6D2,7D2,8D. The predicted molar refractivity (Wildman–Crippen MR) is 62.2 cm³/mol. The number of nitrogens with one attached hydrogen (secondary N) is 1. The van der Waals surface area contributed by atoms with E-state index in [2.05, 4.69) is 4.98 Å². The molecule has 0 spiro atoms. The first-order valence-electron chi connectivity index (χ1n) is 10.9. The van der Waals surface area contributed by atoms with Gasteiger partial charge in [-0.2, -0.15) is 0 Å². The van der Waals surface area contributed by atoms with E-state index in [0.717, 1.165) is 0 Å². The molecule has 0 aliphatic heterocycles. The van der Waals surface area contributed by atoms with Crippen LogP contribution in [0.25, 0.3) is 10.9 Å². The molecule has 0 bridgehead atoms. The number of hydrogen-bond acceptors (Lipinski definition) is 2. The topological polar surface area (TPSA) is 39.3 Å². The average molecular weight is 218 g/mol. The van der Waals surface area contributed by atoms with Gasteiger partial charge >= 0.3 is 0 Å². The quantitative estimate of drug-likeness (QED) is 0.827. The molecule has 0 unspecified atom stereocenters. The van der Waals surface area contributed by atoms with Crippen molar-refractivity contribution in [2.24, 2.45) is 0 Å². The zero-order chi connectivity index (χ0) is 22.9. The molecule has 1 aromatic carbocycles. The zero-order valence-corrected chi connectivity index (χ0v) is 7.39. The van der Waals surface area contributed by atoms with Gasteiger partial charge in [0.05, 0.1) is 5.48 Å². The first-order valence-corrected chi connectivity index (χ1v) is 3.89. The van der Waals surface area contributed by atoms with Crippen LogP contribution in [-0.4, -0.2) is 35.4 Å². The minimum absolute atomic E-state index is 0.447. The maximum atomic E-state index is 10.2. The molecule has 0 amide bonds. The molecule has 0 radical (unpaired) electrons. The van der Waals surface area contributed by atoms with Crippen LogP contribution in [0.4, 0.5) is 0 Å². The Labute approximate surface area is 109 Å². The number of H-pyrrole nitrogens is 1. The van der Waals surface area contributed by atoms with Gasteiger partial charge in [-0.05, 0) is 38.0 Å². The number of phenolic OH excluding ortho intramolecular Hbond substituents is 1. The van der Waals surface area contributed by atoms with Crippen molar-refractivity contribution in [3.8, 4) is 5.75 Å². The highest BCUT2D eigenvalue weighted by Crippen LogP contribution is 2.27. The Hall–Kier alpha value is -1.48. The van der Waals surface area contributed by atoms with Crippen LogP contribution in [0, 0.1) is 0 Å². The minimum Gasteiger partial charge on any atom is -0.507 e. The van der Waals surface area contributed by atoms with Gasteiger partial charge in [0, 0.05) is 37.3 Å². The lowest BCUT2D eigenvalue weighted by atomic mass is 10.1. The Bertz CT molecular complexity index is 943. The van der Waals surface area contributed by atoms with Gasteiger partial charge in [0.2, 0.25) is 0 Å². The largest absolute Gasteiger partial charge is 0.507 e. The van der Waals surface area contributed by atoms with Crippen molar-refractivity contribution < 1.29 is 24.3 Å². The summed E-state index contributed by atoms with van der Waals surface area (Å²) in [4.78, 5) is 1.59. The van der Waals surface area contributed by atoms with E-state index >= 15 is 0 Å². The molecule has 80 valence electrons. The van der Waals surface area contributed by atoms with Crippen LogP contribution in [0.1, 0.15) is 24.8 Å². The van der Waals surface area contributed by atoms with E-state index in [4.69, 9.17) is 19.2 Å². The molecule has 3 nitrogen and oxygen atoms in total. The lowest BCUT2D eigenvalue weighted by Crippen LogP contribution is -2.14. The zero-order valence-electron chi connectivity index (χ0n) is 21.4. The Morgan fingerprint density at radius 1 is 1.60 bits per heavy atom. The molecule has 1 aromatic heterocycles. The number of phenols is 1. The lowest BCUT2D eigenvalue weighted by molar-refractivity contribution is 0.414. The number of aromatic hydroxyl groups is 1. The molecule has 3 heteroatoms. The Balaban J connectivity index is 2.92. The number of benzene rings is 1. The van der Waals surface area contributed by atoms with Gasteiger partial charge in [-0.1, -0.05) is 6.04 Å². The van der Waals surface area contributed by atoms with Gasteiger partial charge < -0.3 is 15.0 Å². The summed E-state index contributed by atoms with van der Waals surface area (Å²) in [6.45, 7) is -11.0. The van der Waals surface area contributed by atoms with Gasteiger partial charge in [0.25, 0.3) is 0 Å². The molecule has 2 aromatic rings. The fraction of sp³-hybridized carbons (Fsp3) is 0.333. The number of aromatic nitrogens is 1. The van der Waals surface area contributed by atoms with Crippen molar-refractivity contribution in [1.82, 2.24) is 9.88 Å². The van der Waals surface area contributed by atoms with E-state index in [-0.39, 0.29) is 0 Å². The van der Waals surface area contributed by atoms with Crippen molar-refractivity contribution in [3.05, 3.63) is 29.9 Å². The third-order valence-corrected chi connectivity index (χ3v) is 1.71. The second kappa shape index (κ2) is 3.95. The van der Waals surface area contributed by atoms with Gasteiger partial charge in [0.1, 0.15) is 5.75 Å². The number of likely N-dealkylation sites (N-methyl/N-ethyl adjacent to an activating group) is 1.